The molecule has 1 aromatic rings. The number of hydrogen-bond donors (Lipinski definition) is 1. The summed E-state index contributed by atoms with van der Waals surface area (Å²) < 4.78 is 5.53. The molecule has 3 unspecified atom stereocenters. The highest BCUT2D eigenvalue weighted by Gasteiger charge is 2.50. The zero-order valence-corrected chi connectivity index (χ0v) is 14.2. The molecule has 4 atom stereocenters. The van der Waals surface area contributed by atoms with E-state index in [0.717, 1.165) is 36.1 Å². The van der Waals surface area contributed by atoms with Crippen molar-refractivity contribution in [2.75, 3.05) is 12.4 Å². The molecule has 1 N–H and O–H groups in total. The molecule has 0 bridgehead atoms. The van der Waals surface area contributed by atoms with E-state index in [4.69, 9.17) is 4.74 Å². The van der Waals surface area contributed by atoms with E-state index < -0.39 is 0 Å². The van der Waals surface area contributed by atoms with Crippen molar-refractivity contribution in [1.82, 2.24) is 0 Å². The number of amides is 1. The first-order valence-corrected chi connectivity index (χ1v) is 9.07. The Morgan fingerprint density at radius 3 is 2.91 bits per heavy atom. The summed E-state index contributed by atoms with van der Waals surface area (Å²) in [4.78, 5) is 10.8. The fraction of sp³-hybridized carbons (Fsp3) is 0.650. The summed E-state index contributed by atoms with van der Waals surface area (Å²) in [5.74, 6) is 3.25. The van der Waals surface area contributed by atoms with Gasteiger partial charge in [-0.3, -0.25) is 4.79 Å². The minimum absolute atomic E-state index is 0.599. The van der Waals surface area contributed by atoms with E-state index in [1.165, 1.54) is 49.7 Å². The minimum Gasteiger partial charge on any atom is -0.495 e. The Morgan fingerprint density at radius 2 is 2.13 bits per heavy atom. The fourth-order valence-corrected chi connectivity index (χ4v) is 5.94. The Morgan fingerprint density at radius 1 is 1.26 bits per heavy atom. The van der Waals surface area contributed by atoms with E-state index in [1.54, 1.807) is 7.11 Å². The van der Waals surface area contributed by atoms with E-state index in [-0.39, 0.29) is 0 Å². The summed E-state index contributed by atoms with van der Waals surface area (Å²) >= 11 is 0. The number of carbonyl (C=O) groups is 1. The third-order valence-corrected chi connectivity index (χ3v) is 7.04. The quantitative estimate of drug-likeness (QED) is 0.834. The summed E-state index contributed by atoms with van der Waals surface area (Å²) in [5, 5.41) is 2.79. The van der Waals surface area contributed by atoms with Gasteiger partial charge in [-0.25, -0.2) is 0 Å². The van der Waals surface area contributed by atoms with Crippen LogP contribution in [0.3, 0.4) is 0 Å². The van der Waals surface area contributed by atoms with Crippen LogP contribution in [0, 0.1) is 17.3 Å². The molecule has 0 radical (unpaired) electrons. The van der Waals surface area contributed by atoms with Crippen LogP contribution in [0.4, 0.5) is 5.69 Å². The zero-order valence-electron chi connectivity index (χ0n) is 14.2. The second-order valence-corrected chi connectivity index (χ2v) is 8.01. The molecular formula is C20H27NO2. The van der Waals surface area contributed by atoms with E-state index in [1.807, 2.05) is 0 Å². The van der Waals surface area contributed by atoms with Crippen LogP contribution in [0.5, 0.6) is 5.75 Å². The number of anilines is 1. The summed E-state index contributed by atoms with van der Waals surface area (Å²) in [6.07, 6.45) is 10.1. The first-order valence-electron chi connectivity index (χ1n) is 9.07. The summed E-state index contributed by atoms with van der Waals surface area (Å²) in [7, 11) is 1.69. The van der Waals surface area contributed by atoms with Crippen molar-refractivity contribution in [2.45, 2.75) is 57.8 Å². The maximum atomic E-state index is 10.8. The van der Waals surface area contributed by atoms with Crippen LogP contribution in [0.2, 0.25) is 0 Å². The molecular weight excluding hydrogens is 286 g/mol. The van der Waals surface area contributed by atoms with Crippen LogP contribution in [-0.2, 0) is 11.2 Å². The van der Waals surface area contributed by atoms with Gasteiger partial charge in [0.2, 0.25) is 6.41 Å². The molecule has 23 heavy (non-hydrogen) atoms. The molecule has 3 aliphatic carbocycles. The van der Waals surface area contributed by atoms with Crippen LogP contribution >= 0.6 is 0 Å². The molecule has 0 aromatic heterocycles. The Hall–Kier alpha value is -1.51. The van der Waals surface area contributed by atoms with E-state index >= 15 is 0 Å². The van der Waals surface area contributed by atoms with E-state index in [0.29, 0.717) is 11.3 Å². The predicted octanol–water partition coefficient (Wildman–Crippen LogP) is 4.51. The van der Waals surface area contributed by atoms with Crippen molar-refractivity contribution in [3.63, 3.8) is 0 Å². The largest absolute Gasteiger partial charge is 0.495 e. The van der Waals surface area contributed by atoms with Crippen molar-refractivity contribution in [3.8, 4) is 5.75 Å². The van der Waals surface area contributed by atoms with Gasteiger partial charge in [-0.1, -0.05) is 13.3 Å². The minimum atomic E-state index is 0.599. The van der Waals surface area contributed by atoms with Gasteiger partial charge in [0.1, 0.15) is 5.75 Å². The SMILES string of the molecule is COc1cc2c(cc1NC=O)CCC1C2CC[C@]2(C)CCCC12. The molecule has 1 aromatic carbocycles. The van der Waals surface area contributed by atoms with Crippen LogP contribution in [0.15, 0.2) is 12.1 Å². The average molecular weight is 313 g/mol. The Labute approximate surface area is 138 Å². The van der Waals surface area contributed by atoms with Gasteiger partial charge in [0.05, 0.1) is 12.8 Å². The van der Waals surface area contributed by atoms with Crippen LogP contribution in [0.1, 0.15) is 62.5 Å². The smallest absolute Gasteiger partial charge is 0.211 e. The van der Waals surface area contributed by atoms with Crippen molar-refractivity contribution in [1.29, 1.82) is 0 Å². The second kappa shape index (κ2) is 5.54. The molecule has 3 heteroatoms. The van der Waals surface area contributed by atoms with Gasteiger partial charge in [-0.15, -0.1) is 0 Å². The molecule has 2 saturated carbocycles. The molecule has 0 aliphatic heterocycles. The molecule has 0 spiro atoms. The first kappa shape index (κ1) is 15.0. The Balaban J connectivity index is 1.71. The monoisotopic (exact) mass is 313 g/mol. The number of benzene rings is 1. The number of rotatable bonds is 3. The number of methoxy groups -OCH3 is 1. The molecule has 3 aliphatic rings. The van der Waals surface area contributed by atoms with Gasteiger partial charge in [0.25, 0.3) is 0 Å². The van der Waals surface area contributed by atoms with E-state index in [2.05, 4.69) is 24.4 Å². The zero-order chi connectivity index (χ0) is 16.0. The number of nitrogens with one attached hydrogen (secondary N) is 1. The molecule has 124 valence electrons. The molecule has 2 fully saturated rings. The molecule has 1 amide bonds. The highest BCUT2D eigenvalue weighted by Crippen LogP contribution is 2.61. The molecule has 0 saturated heterocycles. The molecule has 3 nitrogen and oxygen atoms in total. The van der Waals surface area contributed by atoms with Gasteiger partial charge in [-0.2, -0.15) is 0 Å². The van der Waals surface area contributed by atoms with Crippen LogP contribution < -0.4 is 10.1 Å². The van der Waals surface area contributed by atoms with Gasteiger partial charge in [0, 0.05) is 0 Å². The highest BCUT2D eigenvalue weighted by atomic mass is 16.5. The lowest BCUT2D eigenvalue weighted by Crippen LogP contribution is -2.39. The molecule has 0 heterocycles. The predicted molar refractivity (Wildman–Crippen MR) is 91.9 cm³/mol. The normalized spacial score (nSPS) is 35.0. The summed E-state index contributed by atoms with van der Waals surface area (Å²) in [6.45, 7) is 2.54. The van der Waals surface area contributed by atoms with Gasteiger partial charge < -0.3 is 10.1 Å². The van der Waals surface area contributed by atoms with Crippen molar-refractivity contribution < 1.29 is 9.53 Å². The third-order valence-electron chi connectivity index (χ3n) is 7.04. The van der Waals surface area contributed by atoms with Crippen molar-refractivity contribution >= 4 is 12.1 Å². The lowest BCUT2D eigenvalue weighted by molar-refractivity contribution is -0.105. The highest BCUT2D eigenvalue weighted by molar-refractivity contribution is 5.76. The van der Waals surface area contributed by atoms with Crippen molar-refractivity contribution in [3.05, 3.63) is 23.3 Å². The number of carbonyl (C=O) groups excluding carboxylic acids is 1. The van der Waals surface area contributed by atoms with E-state index in [9.17, 15) is 4.79 Å². The third kappa shape index (κ3) is 2.28. The average Bonchev–Trinajstić information content (AvgIpc) is 2.96. The van der Waals surface area contributed by atoms with Gasteiger partial charge >= 0.3 is 0 Å². The van der Waals surface area contributed by atoms with Gasteiger partial charge in [-0.05, 0) is 85.0 Å². The number of fused-ring (bicyclic) bond motifs is 5. The fourth-order valence-electron chi connectivity index (χ4n) is 5.94. The van der Waals surface area contributed by atoms with Crippen molar-refractivity contribution in [2.24, 2.45) is 17.3 Å². The number of hydrogen-bond acceptors (Lipinski definition) is 2. The lowest BCUT2D eigenvalue weighted by Gasteiger charge is -2.49. The first-order chi connectivity index (χ1) is 11.2. The Bertz CT molecular complexity index is 626. The molecule has 4 rings (SSSR count). The topological polar surface area (TPSA) is 38.3 Å². The van der Waals surface area contributed by atoms with Crippen LogP contribution in [-0.4, -0.2) is 13.5 Å². The second-order valence-electron chi connectivity index (χ2n) is 8.01. The maximum absolute atomic E-state index is 10.8. The lowest BCUT2D eigenvalue weighted by atomic mass is 9.56. The number of aryl methyl sites for hydroxylation is 1. The number of ether oxygens (including phenoxy) is 1. The maximum Gasteiger partial charge on any atom is 0.211 e. The summed E-state index contributed by atoms with van der Waals surface area (Å²) in [6, 6.07) is 4.34. The summed E-state index contributed by atoms with van der Waals surface area (Å²) in [5.41, 5.74) is 4.31. The van der Waals surface area contributed by atoms with Gasteiger partial charge in [0.15, 0.2) is 0 Å². The van der Waals surface area contributed by atoms with Crippen LogP contribution in [0.25, 0.3) is 0 Å². The Kier molecular flexibility index (Phi) is 3.62. The standard InChI is InChI=1S/C20H27NO2/c1-20-8-3-4-17(20)15-6-5-13-10-18(21-12-22)19(23-2)11-16(13)14(15)7-9-20/h10-12,14-15,17H,3-9H2,1-2H3,(H,21,22)/t14?,15?,17?,20-/m0/s1.